The van der Waals surface area contributed by atoms with Gasteiger partial charge in [0.05, 0.1) is 22.3 Å². The second-order valence-electron chi connectivity index (χ2n) is 9.30. The third kappa shape index (κ3) is 5.88. The van der Waals surface area contributed by atoms with E-state index in [4.69, 9.17) is 4.98 Å². The van der Waals surface area contributed by atoms with Crippen molar-refractivity contribution in [3.8, 4) is 0 Å². The van der Waals surface area contributed by atoms with Crippen LogP contribution in [-0.4, -0.2) is 54.0 Å². The number of hydrogen-bond donors (Lipinski definition) is 1. The predicted molar refractivity (Wildman–Crippen MR) is 140 cm³/mol. The monoisotopic (exact) mass is 484 g/mol. The Labute approximate surface area is 205 Å². The molecule has 1 unspecified atom stereocenters. The fourth-order valence-corrected chi connectivity index (χ4v) is 4.96. The van der Waals surface area contributed by atoms with E-state index in [-0.39, 0.29) is 17.5 Å². The van der Waals surface area contributed by atoms with Crippen molar-refractivity contribution >= 4 is 34.4 Å². The molecule has 0 radical (unpaired) electrons. The zero-order chi connectivity index (χ0) is 25.0. The minimum Gasteiger partial charge on any atom is -0.310 e. The summed E-state index contributed by atoms with van der Waals surface area (Å²) in [6.45, 7) is 15.7. The average molecular weight is 485 g/mol. The van der Waals surface area contributed by atoms with Crippen LogP contribution in [0.1, 0.15) is 54.5 Å². The van der Waals surface area contributed by atoms with Crippen molar-refractivity contribution in [2.24, 2.45) is 0 Å². The highest BCUT2D eigenvalue weighted by molar-refractivity contribution is 8.00. The Bertz CT molecular complexity index is 1180. The molecule has 34 heavy (non-hydrogen) atoms. The minimum atomic E-state index is -0.457. The van der Waals surface area contributed by atoms with E-state index >= 15 is 0 Å². The fraction of sp³-hybridized carbons (Fsp3) is 0.520. The molecule has 0 fully saturated rings. The van der Waals surface area contributed by atoms with E-state index in [0.717, 1.165) is 6.54 Å². The highest BCUT2D eigenvalue weighted by Gasteiger charge is 2.22. The van der Waals surface area contributed by atoms with Crippen LogP contribution < -0.4 is 10.9 Å². The molecule has 0 saturated heterocycles. The third-order valence-corrected chi connectivity index (χ3v) is 6.89. The van der Waals surface area contributed by atoms with Crippen molar-refractivity contribution in [1.29, 1.82) is 0 Å². The van der Waals surface area contributed by atoms with E-state index in [1.54, 1.807) is 21.5 Å². The van der Waals surface area contributed by atoms with Crippen molar-refractivity contribution in [1.82, 2.24) is 24.2 Å². The van der Waals surface area contributed by atoms with Gasteiger partial charge in [-0.25, -0.2) is 9.67 Å². The van der Waals surface area contributed by atoms with Crippen molar-refractivity contribution in [3.63, 3.8) is 0 Å². The number of fused-ring (bicyclic) bond motifs is 1. The summed E-state index contributed by atoms with van der Waals surface area (Å²) >= 11 is 1.30. The van der Waals surface area contributed by atoms with Gasteiger partial charge in [-0.3, -0.25) is 19.1 Å². The Morgan fingerprint density at radius 2 is 1.74 bits per heavy atom. The number of anilines is 1. The number of benzene rings is 1. The fourth-order valence-electron chi connectivity index (χ4n) is 4.03. The Morgan fingerprint density at radius 1 is 1.06 bits per heavy atom. The molecule has 1 amide bonds. The zero-order valence-electron chi connectivity index (χ0n) is 21.1. The molecule has 3 aromatic rings. The van der Waals surface area contributed by atoms with Gasteiger partial charge >= 0.3 is 0 Å². The van der Waals surface area contributed by atoms with Crippen LogP contribution in [0, 0.1) is 0 Å². The summed E-state index contributed by atoms with van der Waals surface area (Å²) in [5, 5.41) is 7.92. The van der Waals surface area contributed by atoms with Gasteiger partial charge in [0.1, 0.15) is 5.82 Å². The smallest absolute Gasteiger partial charge is 0.262 e. The lowest BCUT2D eigenvalue weighted by atomic mass is 10.2. The maximum atomic E-state index is 13.4. The summed E-state index contributed by atoms with van der Waals surface area (Å²) in [6.07, 6.45) is 1.67. The van der Waals surface area contributed by atoms with E-state index in [2.05, 4.69) is 43.0 Å². The van der Waals surface area contributed by atoms with E-state index in [0.29, 0.717) is 40.5 Å². The van der Waals surface area contributed by atoms with Gasteiger partial charge < -0.3 is 5.32 Å². The molecular weight excluding hydrogens is 448 g/mol. The van der Waals surface area contributed by atoms with Gasteiger partial charge in [-0.05, 0) is 60.6 Å². The molecule has 1 N–H and O–H groups in total. The van der Waals surface area contributed by atoms with Crippen LogP contribution in [-0.2, 0) is 11.3 Å². The van der Waals surface area contributed by atoms with Crippen LogP contribution in [0.4, 0.5) is 5.82 Å². The van der Waals surface area contributed by atoms with Gasteiger partial charge in [0.15, 0.2) is 5.16 Å². The van der Waals surface area contributed by atoms with Crippen LogP contribution in [0.2, 0.25) is 0 Å². The molecule has 0 bridgehead atoms. The predicted octanol–water partition coefficient (Wildman–Crippen LogP) is 4.41. The first-order chi connectivity index (χ1) is 16.1. The Hall–Kier alpha value is -2.65. The van der Waals surface area contributed by atoms with Crippen LogP contribution in [0.15, 0.2) is 46.5 Å². The lowest BCUT2D eigenvalue weighted by Crippen LogP contribution is -2.40. The summed E-state index contributed by atoms with van der Waals surface area (Å²) in [5.41, 5.74) is 0.562. The number of carbonyl (C=O) groups excluding carboxylic acids is 1. The molecule has 184 valence electrons. The van der Waals surface area contributed by atoms with Gasteiger partial charge in [-0.1, -0.05) is 23.9 Å². The van der Waals surface area contributed by atoms with Crippen LogP contribution in [0.5, 0.6) is 0 Å². The quantitative estimate of drug-likeness (QED) is 0.339. The van der Waals surface area contributed by atoms with Gasteiger partial charge in [0.25, 0.3) is 5.56 Å². The van der Waals surface area contributed by atoms with Gasteiger partial charge in [0, 0.05) is 37.3 Å². The van der Waals surface area contributed by atoms with Gasteiger partial charge in [0.2, 0.25) is 5.91 Å². The number of nitrogens with one attached hydrogen (secondary N) is 1. The zero-order valence-corrected chi connectivity index (χ0v) is 22.0. The maximum absolute atomic E-state index is 13.4. The van der Waals surface area contributed by atoms with E-state index in [1.807, 2.05) is 45.0 Å². The summed E-state index contributed by atoms with van der Waals surface area (Å²) in [7, 11) is 0. The number of carbonyl (C=O) groups is 1. The van der Waals surface area contributed by atoms with Crippen LogP contribution in [0.3, 0.4) is 0 Å². The first kappa shape index (κ1) is 26.0. The first-order valence-corrected chi connectivity index (χ1v) is 12.7. The Kier molecular flexibility index (Phi) is 8.54. The molecule has 2 aromatic heterocycles. The molecule has 8 nitrogen and oxygen atoms in total. The lowest BCUT2D eigenvalue weighted by molar-refractivity contribution is -0.115. The Morgan fingerprint density at radius 3 is 2.38 bits per heavy atom. The number of thioether (sulfide) groups is 1. The van der Waals surface area contributed by atoms with Crippen LogP contribution in [0.25, 0.3) is 10.9 Å². The average Bonchev–Trinajstić information content (AvgIpc) is 3.23. The SMILES string of the molecule is CC(Sc1nc2ccccc2c(=O)n1CCN(C(C)C)C(C)C)C(=O)Nc1ccnn1C(C)C. The number of para-hydroxylation sites is 1. The van der Waals surface area contributed by atoms with Gasteiger partial charge in [-0.2, -0.15) is 5.10 Å². The molecule has 3 rings (SSSR count). The summed E-state index contributed by atoms with van der Waals surface area (Å²) in [4.78, 5) is 33.5. The molecular formula is C25H36N6O2S. The van der Waals surface area contributed by atoms with Crippen molar-refractivity contribution in [3.05, 3.63) is 46.9 Å². The second kappa shape index (κ2) is 11.2. The first-order valence-electron chi connectivity index (χ1n) is 11.9. The van der Waals surface area contributed by atoms with Crippen molar-refractivity contribution in [2.45, 2.75) is 83.5 Å². The number of amides is 1. The van der Waals surface area contributed by atoms with Crippen molar-refractivity contribution < 1.29 is 4.79 Å². The lowest BCUT2D eigenvalue weighted by Gasteiger charge is -2.31. The second-order valence-corrected chi connectivity index (χ2v) is 10.6. The normalized spacial score (nSPS) is 12.9. The number of nitrogens with zero attached hydrogens (tertiary/aromatic N) is 5. The molecule has 0 saturated carbocycles. The van der Waals surface area contributed by atoms with E-state index in [1.165, 1.54) is 11.8 Å². The van der Waals surface area contributed by atoms with E-state index < -0.39 is 5.25 Å². The van der Waals surface area contributed by atoms with E-state index in [9.17, 15) is 9.59 Å². The highest BCUT2D eigenvalue weighted by Crippen LogP contribution is 2.24. The number of aromatic nitrogens is 4. The molecule has 0 aliphatic rings. The number of hydrogen-bond acceptors (Lipinski definition) is 6. The number of rotatable bonds is 10. The molecule has 1 aromatic carbocycles. The standard InChI is InChI=1S/C25H36N6O2S/c1-16(2)29(17(3)4)14-15-30-24(33)20-10-8-9-11-21(20)27-25(30)34-19(7)23(32)28-22-12-13-26-31(22)18(5)6/h8-13,16-19H,14-15H2,1-7H3,(H,28,32). The molecule has 9 heteroatoms. The third-order valence-electron chi connectivity index (χ3n) is 5.80. The molecule has 0 aliphatic heterocycles. The highest BCUT2D eigenvalue weighted by atomic mass is 32.2. The van der Waals surface area contributed by atoms with Gasteiger partial charge in [-0.15, -0.1) is 0 Å². The molecule has 0 aliphatic carbocycles. The molecule has 1 atom stereocenters. The summed E-state index contributed by atoms with van der Waals surface area (Å²) in [5.74, 6) is 0.494. The van der Waals surface area contributed by atoms with Crippen molar-refractivity contribution in [2.75, 3.05) is 11.9 Å². The molecule has 0 spiro atoms. The Balaban J connectivity index is 1.89. The topological polar surface area (TPSA) is 85.1 Å². The van der Waals surface area contributed by atoms with Crippen LogP contribution >= 0.6 is 11.8 Å². The maximum Gasteiger partial charge on any atom is 0.262 e. The largest absolute Gasteiger partial charge is 0.310 e. The summed E-state index contributed by atoms with van der Waals surface area (Å²) in [6, 6.07) is 10.00. The summed E-state index contributed by atoms with van der Waals surface area (Å²) < 4.78 is 3.48. The minimum absolute atomic E-state index is 0.0777. The molecule has 2 heterocycles.